The maximum atomic E-state index is 13.3. The zero-order valence-electron chi connectivity index (χ0n) is 9.70. The second kappa shape index (κ2) is 3.88. The standard InChI is InChI=1S/C15H14FN/c1-10-13-5-3-2-4-11(13)9-17-15-7-6-12(16)8-14(10)15/h2-8,10,17H,9H2,1H3. The second-order valence-electron chi connectivity index (χ2n) is 4.51. The third kappa shape index (κ3) is 1.70. The molecular formula is C15H14FN. The molecule has 0 fully saturated rings. The first kappa shape index (κ1) is 10.3. The molecule has 0 saturated heterocycles. The molecule has 0 bridgehead atoms. The average Bonchev–Trinajstić information content (AvgIpc) is 2.49. The van der Waals surface area contributed by atoms with Gasteiger partial charge in [0.05, 0.1) is 0 Å². The predicted molar refractivity (Wildman–Crippen MR) is 67.7 cm³/mol. The van der Waals surface area contributed by atoms with E-state index in [1.54, 1.807) is 6.07 Å². The van der Waals surface area contributed by atoms with Crippen molar-refractivity contribution < 1.29 is 4.39 Å². The van der Waals surface area contributed by atoms with E-state index in [0.29, 0.717) is 0 Å². The van der Waals surface area contributed by atoms with Gasteiger partial charge in [-0.25, -0.2) is 4.39 Å². The fraction of sp³-hybridized carbons (Fsp3) is 0.200. The summed E-state index contributed by atoms with van der Waals surface area (Å²) >= 11 is 0. The molecule has 0 spiro atoms. The molecule has 0 aromatic heterocycles. The lowest BCUT2D eigenvalue weighted by molar-refractivity contribution is 0.624. The van der Waals surface area contributed by atoms with Gasteiger partial charge in [-0.1, -0.05) is 31.2 Å². The number of nitrogens with one attached hydrogen (secondary N) is 1. The van der Waals surface area contributed by atoms with Gasteiger partial charge >= 0.3 is 0 Å². The highest BCUT2D eigenvalue weighted by atomic mass is 19.1. The number of halogens is 1. The summed E-state index contributed by atoms with van der Waals surface area (Å²) in [5.41, 5.74) is 4.64. The molecule has 0 radical (unpaired) electrons. The largest absolute Gasteiger partial charge is 0.381 e. The molecule has 0 saturated carbocycles. The van der Waals surface area contributed by atoms with E-state index in [-0.39, 0.29) is 11.7 Å². The number of benzene rings is 2. The third-order valence-electron chi connectivity index (χ3n) is 3.47. The van der Waals surface area contributed by atoms with Crippen molar-refractivity contribution in [1.29, 1.82) is 0 Å². The number of rotatable bonds is 0. The van der Waals surface area contributed by atoms with E-state index in [1.807, 2.05) is 18.2 Å². The lowest BCUT2D eigenvalue weighted by Gasteiger charge is -2.14. The van der Waals surface area contributed by atoms with Gasteiger partial charge in [-0.2, -0.15) is 0 Å². The van der Waals surface area contributed by atoms with Crippen LogP contribution in [0.1, 0.15) is 29.5 Å². The zero-order valence-corrected chi connectivity index (χ0v) is 9.70. The number of fused-ring (bicyclic) bond motifs is 2. The molecule has 3 rings (SSSR count). The Hall–Kier alpha value is -1.83. The summed E-state index contributed by atoms with van der Waals surface area (Å²) in [7, 11) is 0. The van der Waals surface area contributed by atoms with E-state index in [4.69, 9.17) is 0 Å². The Morgan fingerprint density at radius 2 is 1.94 bits per heavy atom. The quantitative estimate of drug-likeness (QED) is 0.719. The summed E-state index contributed by atoms with van der Waals surface area (Å²) in [4.78, 5) is 0. The first-order chi connectivity index (χ1) is 8.25. The molecule has 1 nitrogen and oxygen atoms in total. The van der Waals surface area contributed by atoms with Crippen LogP contribution in [-0.4, -0.2) is 0 Å². The Labute approximate surface area is 100 Å². The van der Waals surface area contributed by atoms with E-state index < -0.39 is 0 Å². The number of hydrogen-bond acceptors (Lipinski definition) is 1. The van der Waals surface area contributed by atoms with Gasteiger partial charge in [-0.3, -0.25) is 0 Å². The van der Waals surface area contributed by atoms with Crippen LogP contribution in [0.25, 0.3) is 0 Å². The molecule has 1 atom stereocenters. The second-order valence-corrected chi connectivity index (χ2v) is 4.51. The van der Waals surface area contributed by atoms with Crippen molar-refractivity contribution in [2.75, 3.05) is 5.32 Å². The van der Waals surface area contributed by atoms with Crippen molar-refractivity contribution in [1.82, 2.24) is 0 Å². The minimum Gasteiger partial charge on any atom is -0.381 e. The van der Waals surface area contributed by atoms with Gasteiger partial charge in [0.2, 0.25) is 0 Å². The third-order valence-corrected chi connectivity index (χ3v) is 3.47. The summed E-state index contributed by atoms with van der Waals surface area (Å²) in [5, 5.41) is 3.37. The van der Waals surface area contributed by atoms with Gasteiger partial charge in [0.15, 0.2) is 0 Å². The van der Waals surface area contributed by atoms with E-state index in [0.717, 1.165) is 17.8 Å². The van der Waals surface area contributed by atoms with E-state index in [9.17, 15) is 4.39 Å². The summed E-state index contributed by atoms with van der Waals surface area (Å²) in [6, 6.07) is 13.3. The van der Waals surface area contributed by atoms with Gasteiger partial charge in [0, 0.05) is 18.2 Å². The monoisotopic (exact) mass is 227 g/mol. The predicted octanol–water partition coefficient (Wildman–Crippen LogP) is 3.90. The van der Waals surface area contributed by atoms with Gasteiger partial charge in [0.1, 0.15) is 5.82 Å². The highest BCUT2D eigenvalue weighted by molar-refractivity contribution is 5.58. The first-order valence-electron chi connectivity index (χ1n) is 5.87. The van der Waals surface area contributed by atoms with E-state index >= 15 is 0 Å². The van der Waals surface area contributed by atoms with Crippen molar-refractivity contribution in [3.05, 3.63) is 65.0 Å². The molecule has 86 valence electrons. The molecule has 2 heteroatoms. The smallest absolute Gasteiger partial charge is 0.123 e. The van der Waals surface area contributed by atoms with Crippen LogP contribution in [-0.2, 0) is 6.54 Å². The minimum atomic E-state index is -0.170. The van der Waals surface area contributed by atoms with Gasteiger partial charge in [-0.05, 0) is 34.9 Å². The van der Waals surface area contributed by atoms with Crippen LogP contribution in [0.4, 0.5) is 10.1 Å². The summed E-state index contributed by atoms with van der Waals surface area (Å²) in [5.74, 6) is 0.0590. The maximum absolute atomic E-state index is 13.3. The van der Waals surface area contributed by atoms with E-state index in [1.165, 1.54) is 17.2 Å². The Morgan fingerprint density at radius 1 is 1.12 bits per heavy atom. The Kier molecular flexibility index (Phi) is 2.36. The van der Waals surface area contributed by atoms with Crippen molar-refractivity contribution in [3.63, 3.8) is 0 Å². The van der Waals surface area contributed by atoms with E-state index in [2.05, 4.69) is 24.4 Å². The minimum absolute atomic E-state index is 0.170. The van der Waals surface area contributed by atoms with Crippen molar-refractivity contribution >= 4 is 5.69 Å². The SMILES string of the molecule is CC1c2ccccc2CNc2ccc(F)cc21. The van der Waals surface area contributed by atoms with Crippen LogP contribution in [0.3, 0.4) is 0 Å². The molecule has 1 aliphatic rings. The molecule has 1 aliphatic heterocycles. The van der Waals surface area contributed by atoms with Crippen LogP contribution in [0.2, 0.25) is 0 Å². The van der Waals surface area contributed by atoms with Gasteiger partial charge in [-0.15, -0.1) is 0 Å². The fourth-order valence-electron chi connectivity index (χ4n) is 2.53. The van der Waals surface area contributed by atoms with Crippen LogP contribution in [0, 0.1) is 5.82 Å². The van der Waals surface area contributed by atoms with Crippen molar-refractivity contribution in [3.8, 4) is 0 Å². The maximum Gasteiger partial charge on any atom is 0.123 e. The molecule has 0 amide bonds. The Bertz CT molecular complexity index is 563. The molecule has 1 unspecified atom stereocenters. The van der Waals surface area contributed by atoms with Crippen molar-refractivity contribution in [2.45, 2.75) is 19.4 Å². The molecular weight excluding hydrogens is 213 g/mol. The number of anilines is 1. The first-order valence-corrected chi connectivity index (χ1v) is 5.87. The Morgan fingerprint density at radius 3 is 2.82 bits per heavy atom. The van der Waals surface area contributed by atoms with Crippen LogP contribution in [0.5, 0.6) is 0 Å². The molecule has 17 heavy (non-hydrogen) atoms. The van der Waals surface area contributed by atoms with Crippen LogP contribution >= 0.6 is 0 Å². The lowest BCUT2D eigenvalue weighted by Crippen LogP contribution is -1.98. The van der Waals surface area contributed by atoms with Gasteiger partial charge in [0.25, 0.3) is 0 Å². The van der Waals surface area contributed by atoms with Crippen molar-refractivity contribution in [2.24, 2.45) is 0 Å². The molecule has 2 aromatic rings. The fourth-order valence-corrected chi connectivity index (χ4v) is 2.53. The normalized spacial score (nSPS) is 17.6. The number of hydrogen-bond donors (Lipinski definition) is 1. The highest BCUT2D eigenvalue weighted by Gasteiger charge is 2.19. The highest BCUT2D eigenvalue weighted by Crippen LogP contribution is 2.35. The molecule has 2 aromatic carbocycles. The van der Waals surface area contributed by atoms with Gasteiger partial charge < -0.3 is 5.32 Å². The molecule has 0 aliphatic carbocycles. The molecule has 1 N–H and O–H groups in total. The summed E-state index contributed by atoms with van der Waals surface area (Å²) in [6.07, 6.45) is 0. The van der Waals surface area contributed by atoms with Crippen LogP contribution in [0.15, 0.2) is 42.5 Å². The van der Waals surface area contributed by atoms with Crippen LogP contribution < -0.4 is 5.32 Å². The Balaban J connectivity index is 2.18. The lowest BCUT2D eigenvalue weighted by atomic mass is 9.90. The zero-order chi connectivity index (χ0) is 11.8. The topological polar surface area (TPSA) is 12.0 Å². The average molecular weight is 227 g/mol. The molecule has 1 heterocycles. The summed E-state index contributed by atoms with van der Waals surface area (Å²) in [6.45, 7) is 2.93. The summed E-state index contributed by atoms with van der Waals surface area (Å²) < 4.78 is 13.3.